The maximum absolute atomic E-state index is 12.7. The molecule has 0 saturated carbocycles. The predicted molar refractivity (Wildman–Crippen MR) is 140 cm³/mol. The minimum atomic E-state index is -0.191. The number of rotatable bonds is 9. The smallest absolute Gasteiger partial charge is 0.244 e. The lowest BCUT2D eigenvalue weighted by molar-refractivity contribution is -0.116. The van der Waals surface area contributed by atoms with Gasteiger partial charge in [0.25, 0.3) is 0 Å². The fourth-order valence-corrected chi connectivity index (χ4v) is 4.18. The molecular formula is C29H30N2O5. The number of allylic oxidation sites excluding steroid dienone is 1. The normalized spacial score (nSPS) is 11.4. The van der Waals surface area contributed by atoms with Gasteiger partial charge in [-0.2, -0.15) is 0 Å². The van der Waals surface area contributed by atoms with Crippen molar-refractivity contribution >= 4 is 22.4 Å². The Morgan fingerprint density at radius 1 is 1.14 bits per heavy atom. The topological polar surface area (TPSA) is 82.8 Å². The molecule has 0 spiro atoms. The maximum Gasteiger partial charge on any atom is 0.244 e. The van der Waals surface area contributed by atoms with Gasteiger partial charge in [-0.3, -0.25) is 9.78 Å². The monoisotopic (exact) mass is 486 g/mol. The Morgan fingerprint density at radius 2 is 1.94 bits per heavy atom. The number of amides is 1. The number of benzene rings is 2. The minimum Gasteiger partial charge on any atom is -0.493 e. The van der Waals surface area contributed by atoms with Crippen LogP contribution in [0, 0.1) is 6.92 Å². The first-order chi connectivity index (χ1) is 17.5. The summed E-state index contributed by atoms with van der Waals surface area (Å²) in [6, 6.07) is 11.5. The molecule has 4 aromatic rings. The van der Waals surface area contributed by atoms with E-state index < -0.39 is 0 Å². The highest BCUT2D eigenvalue weighted by molar-refractivity contribution is 6.01. The van der Waals surface area contributed by atoms with Gasteiger partial charge in [0, 0.05) is 47.1 Å². The zero-order valence-corrected chi connectivity index (χ0v) is 21.2. The van der Waals surface area contributed by atoms with E-state index in [0.29, 0.717) is 30.4 Å². The molecule has 0 fully saturated rings. The SMILES string of the molecule is CCOc1c(/C(C)=C/C(=O)NCc2cccnc2)cc2c(-c3ccc(OC)c(OC)c3)coc2c1C. The highest BCUT2D eigenvalue weighted by atomic mass is 16.5. The molecule has 186 valence electrons. The molecule has 7 heteroatoms. The molecule has 0 aliphatic heterocycles. The number of furan rings is 1. The van der Waals surface area contributed by atoms with Crippen LogP contribution in [-0.4, -0.2) is 31.7 Å². The molecule has 0 atom stereocenters. The number of fused-ring (bicyclic) bond motifs is 1. The van der Waals surface area contributed by atoms with E-state index in [1.165, 1.54) is 0 Å². The van der Waals surface area contributed by atoms with E-state index in [2.05, 4.69) is 10.3 Å². The van der Waals surface area contributed by atoms with Crippen LogP contribution in [-0.2, 0) is 11.3 Å². The third-order valence-electron chi connectivity index (χ3n) is 5.99. The lowest BCUT2D eigenvalue weighted by Gasteiger charge is -2.15. The number of hydrogen-bond donors (Lipinski definition) is 1. The Morgan fingerprint density at radius 3 is 2.64 bits per heavy atom. The molecule has 36 heavy (non-hydrogen) atoms. The average molecular weight is 487 g/mol. The van der Waals surface area contributed by atoms with Gasteiger partial charge in [-0.1, -0.05) is 12.1 Å². The number of nitrogens with one attached hydrogen (secondary N) is 1. The number of pyridine rings is 1. The summed E-state index contributed by atoms with van der Waals surface area (Å²) < 4.78 is 22.9. The van der Waals surface area contributed by atoms with Crippen molar-refractivity contribution in [1.82, 2.24) is 10.3 Å². The van der Waals surface area contributed by atoms with Gasteiger partial charge in [-0.25, -0.2) is 0 Å². The summed E-state index contributed by atoms with van der Waals surface area (Å²) in [5.41, 5.74) is 6.00. The first-order valence-corrected chi connectivity index (χ1v) is 11.7. The van der Waals surface area contributed by atoms with E-state index >= 15 is 0 Å². The first kappa shape index (κ1) is 24.9. The van der Waals surface area contributed by atoms with Crippen molar-refractivity contribution in [2.75, 3.05) is 20.8 Å². The molecule has 0 radical (unpaired) electrons. The summed E-state index contributed by atoms with van der Waals surface area (Å²) in [6.07, 6.45) is 6.76. The van der Waals surface area contributed by atoms with Crippen molar-refractivity contribution in [3.05, 3.63) is 77.8 Å². The van der Waals surface area contributed by atoms with Crippen molar-refractivity contribution < 1.29 is 23.4 Å². The number of hydrogen-bond acceptors (Lipinski definition) is 6. The maximum atomic E-state index is 12.7. The standard InChI is InChI=1S/C29H30N2O5/c1-6-35-28-19(3)29-23(24(17-36-29)21-9-10-25(33-4)26(13-21)34-5)14-22(28)18(2)12-27(32)31-16-20-8-7-11-30-15-20/h7-15,17H,6,16H2,1-5H3,(H,31,32)/b18-12+. The molecule has 4 rings (SSSR count). The molecule has 1 amide bonds. The summed E-state index contributed by atoms with van der Waals surface area (Å²) in [5, 5.41) is 3.84. The second-order valence-corrected chi connectivity index (χ2v) is 8.31. The molecule has 7 nitrogen and oxygen atoms in total. The molecule has 0 aliphatic rings. The van der Waals surface area contributed by atoms with E-state index in [0.717, 1.165) is 44.4 Å². The second-order valence-electron chi connectivity index (χ2n) is 8.31. The number of aryl methyl sites for hydroxylation is 1. The third-order valence-corrected chi connectivity index (χ3v) is 5.99. The quantitative estimate of drug-likeness (QED) is 0.295. The van der Waals surface area contributed by atoms with Crippen LogP contribution in [0.15, 0.2) is 65.5 Å². The van der Waals surface area contributed by atoms with E-state index in [4.69, 9.17) is 18.6 Å². The van der Waals surface area contributed by atoms with Gasteiger partial charge in [0.1, 0.15) is 11.3 Å². The zero-order valence-electron chi connectivity index (χ0n) is 21.2. The molecule has 0 unspecified atom stereocenters. The Kier molecular flexibility index (Phi) is 7.59. The van der Waals surface area contributed by atoms with Gasteiger partial charge in [-0.05, 0) is 61.7 Å². The van der Waals surface area contributed by atoms with Crippen LogP contribution in [0.5, 0.6) is 17.2 Å². The van der Waals surface area contributed by atoms with E-state index in [1.54, 1.807) is 39.0 Å². The Balaban J connectivity index is 1.74. The summed E-state index contributed by atoms with van der Waals surface area (Å²) in [6.45, 7) is 6.70. The van der Waals surface area contributed by atoms with Crippen molar-refractivity contribution in [2.24, 2.45) is 0 Å². The minimum absolute atomic E-state index is 0.191. The van der Waals surface area contributed by atoms with Crippen molar-refractivity contribution in [2.45, 2.75) is 27.3 Å². The van der Waals surface area contributed by atoms with E-state index in [-0.39, 0.29) is 5.91 Å². The van der Waals surface area contributed by atoms with Crippen LogP contribution in [0.25, 0.3) is 27.7 Å². The van der Waals surface area contributed by atoms with Crippen molar-refractivity contribution in [1.29, 1.82) is 0 Å². The van der Waals surface area contributed by atoms with Gasteiger partial charge in [-0.15, -0.1) is 0 Å². The molecule has 0 bridgehead atoms. The molecule has 2 heterocycles. The van der Waals surface area contributed by atoms with Crippen LogP contribution in [0.1, 0.15) is 30.5 Å². The van der Waals surface area contributed by atoms with Gasteiger partial charge in [0.15, 0.2) is 11.5 Å². The van der Waals surface area contributed by atoms with Gasteiger partial charge >= 0.3 is 0 Å². The predicted octanol–water partition coefficient (Wildman–Crippen LogP) is 5.94. The highest BCUT2D eigenvalue weighted by Crippen LogP contribution is 2.42. The van der Waals surface area contributed by atoms with Crippen LogP contribution < -0.4 is 19.5 Å². The first-order valence-electron chi connectivity index (χ1n) is 11.7. The number of carbonyl (C=O) groups is 1. The van der Waals surface area contributed by atoms with Crippen molar-refractivity contribution in [3.8, 4) is 28.4 Å². The fraction of sp³-hybridized carbons (Fsp3) is 0.241. The third kappa shape index (κ3) is 5.05. The van der Waals surface area contributed by atoms with E-state index in [1.807, 2.05) is 57.2 Å². The fourth-order valence-electron chi connectivity index (χ4n) is 4.18. The summed E-state index contributed by atoms with van der Waals surface area (Å²) in [5.74, 6) is 1.80. The number of aromatic nitrogens is 1. The second kappa shape index (κ2) is 11.0. The lowest BCUT2D eigenvalue weighted by atomic mass is 9.96. The largest absolute Gasteiger partial charge is 0.493 e. The molecule has 0 aliphatic carbocycles. The Labute approximate surface area is 210 Å². The summed E-state index contributed by atoms with van der Waals surface area (Å²) >= 11 is 0. The van der Waals surface area contributed by atoms with Gasteiger partial charge < -0.3 is 23.9 Å². The molecule has 2 aromatic carbocycles. The van der Waals surface area contributed by atoms with Crippen molar-refractivity contribution in [3.63, 3.8) is 0 Å². The number of nitrogens with zero attached hydrogens (tertiary/aromatic N) is 1. The molecule has 0 saturated heterocycles. The lowest BCUT2D eigenvalue weighted by Crippen LogP contribution is -2.20. The Bertz CT molecular complexity index is 1410. The average Bonchev–Trinajstić information content (AvgIpc) is 3.33. The zero-order chi connectivity index (χ0) is 25.7. The summed E-state index contributed by atoms with van der Waals surface area (Å²) in [7, 11) is 3.22. The number of carbonyl (C=O) groups excluding carboxylic acids is 1. The summed E-state index contributed by atoms with van der Waals surface area (Å²) in [4.78, 5) is 16.8. The molecular weight excluding hydrogens is 456 g/mol. The van der Waals surface area contributed by atoms with Crippen LogP contribution in [0.2, 0.25) is 0 Å². The van der Waals surface area contributed by atoms with Gasteiger partial charge in [0.05, 0.1) is 27.1 Å². The molecule has 2 aromatic heterocycles. The Hall–Kier alpha value is -4.26. The van der Waals surface area contributed by atoms with Gasteiger partial charge in [0.2, 0.25) is 5.91 Å². The van der Waals surface area contributed by atoms with E-state index in [9.17, 15) is 4.79 Å². The number of ether oxygens (including phenoxy) is 3. The van der Waals surface area contributed by atoms with Crippen LogP contribution >= 0.6 is 0 Å². The molecule has 1 N–H and O–H groups in total. The van der Waals surface area contributed by atoms with Crippen LogP contribution in [0.3, 0.4) is 0 Å². The van der Waals surface area contributed by atoms with Crippen LogP contribution in [0.4, 0.5) is 0 Å². The highest BCUT2D eigenvalue weighted by Gasteiger charge is 2.20. The number of methoxy groups -OCH3 is 2.